The lowest BCUT2D eigenvalue weighted by molar-refractivity contribution is 0.0793. The first-order valence-corrected chi connectivity index (χ1v) is 8.57. The zero-order chi connectivity index (χ0) is 15.8. The predicted octanol–water partition coefficient (Wildman–Crippen LogP) is 2.36. The van der Waals surface area contributed by atoms with Crippen molar-refractivity contribution < 1.29 is 4.79 Å². The molecule has 0 spiro atoms. The van der Waals surface area contributed by atoms with Crippen LogP contribution in [0.5, 0.6) is 0 Å². The van der Waals surface area contributed by atoms with Crippen LogP contribution in [0.3, 0.4) is 0 Å². The molecule has 0 radical (unpaired) electrons. The molecular formula is C18H21N3O2. The highest BCUT2D eigenvalue weighted by Crippen LogP contribution is 2.18. The lowest BCUT2D eigenvalue weighted by atomic mass is 10.1. The van der Waals surface area contributed by atoms with Crippen LogP contribution in [0, 0.1) is 0 Å². The summed E-state index contributed by atoms with van der Waals surface area (Å²) < 4.78 is 1.82. The van der Waals surface area contributed by atoms with Crippen molar-refractivity contribution >= 4 is 16.8 Å². The van der Waals surface area contributed by atoms with Crippen LogP contribution in [0.1, 0.15) is 48.3 Å². The zero-order valence-corrected chi connectivity index (χ0v) is 13.3. The Balaban J connectivity index is 1.79. The Morgan fingerprint density at radius 2 is 1.78 bits per heavy atom. The fourth-order valence-electron chi connectivity index (χ4n) is 3.65. The number of nitrogens with zero attached hydrogens (tertiary/aromatic N) is 3. The Hall–Kier alpha value is -2.17. The largest absolute Gasteiger partial charge is 0.339 e. The second-order valence-electron chi connectivity index (χ2n) is 6.53. The first kappa shape index (κ1) is 14.4. The molecule has 2 aliphatic heterocycles. The molecular weight excluding hydrogens is 290 g/mol. The van der Waals surface area contributed by atoms with E-state index in [0.717, 1.165) is 64.0 Å². The van der Waals surface area contributed by atoms with Gasteiger partial charge in [-0.1, -0.05) is 6.42 Å². The smallest absolute Gasteiger partial charge is 0.261 e. The quantitative estimate of drug-likeness (QED) is 0.812. The standard InChI is InChI=1S/C18H21N3O2/c22-17(20-9-4-5-10-20)13-7-8-14-15(12-13)19-16-6-2-1-3-11-21(16)18(14)23/h7-8,12H,1-6,9-11H2. The van der Waals surface area contributed by atoms with E-state index in [0.29, 0.717) is 16.5 Å². The minimum Gasteiger partial charge on any atom is -0.339 e. The first-order valence-electron chi connectivity index (χ1n) is 8.57. The third-order valence-corrected chi connectivity index (χ3v) is 4.96. The van der Waals surface area contributed by atoms with Crippen LogP contribution in [0.15, 0.2) is 23.0 Å². The molecule has 2 aliphatic rings. The molecule has 3 heterocycles. The maximum atomic E-state index is 12.7. The molecule has 0 aliphatic carbocycles. The van der Waals surface area contributed by atoms with Crippen molar-refractivity contribution in [3.05, 3.63) is 39.9 Å². The number of carbonyl (C=O) groups excluding carboxylic acids is 1. The van der Waals surface area contributed by atoms with Gasteiger partial charge >= 0.3 is 0 Å². The third kappa shape index (κ3) is 2.54. The van der Waals surface area contributed by atoms with E-state index in [9.17, 15) is 9.59 Å². The summed E-state index contributed by atoms with van der Waals surface area (Å²) in [6.45, 7) is 2.42. The number of aryl methyl sites for hydroxylation is 1. The molecule has 5 nitrogen and oxygen atoms in total. The van der Waals surface area contributed by atoms with Gasteiger partial charge in [0, 0.05) is 31.6 Å². The summed E-state index contributed by atoms with van der Waals surface area (Å²) in [5, 5.41) is 0.619. The number of rotatable bonds is 1. The van der Waals surface area contributed by atoms with Crippen molar-refractivity contribution in [1.82, 2.24) is 14.5 Å². The number of hydrogen-bond acceptors (Lipinski definition) is 3. The average molecular weight is 311 g/mol. The van der Waals surface area contributed by atoms with E-state index in [1.54, 1.807) is 18.2 Å². The molecule has 1 aromatic carbocycles. The van der Waals surface area contributed by atoms with E-state index < -0.39 is 0 Å². The Labute approximate surface area is 134 Å². The molecule has 1 fully saturated rings. The van der Waals surface area contributed by atoms with E-state index in [2.05, 4.69) is 0 Å². The summed E-state index contributed by atoms with van der Waals surface area (Å²) in [6.07, 6.45) is 6.24. The minimum atomic E-state index is 0.0343. The van der Waals surface area contributed by atoms with Crippen LogP contribution in [0.25, 0.3) is 10.9 Å². The number of benzene rings is 1. The van der Waals surface area contributed by atoms with Gasteiger partial charge in [-0.15, -0.1) is 0 Å². The molecule has 120 valence electrons. The molecule has 0 bridgehead atoms. The normalized spacial score (nSPS) is 18.0. The molecule has 1 amide bonds. The number of hydrogen-bond donors (Lipinski definition) is 0. The number of carbonyl (C=O) groups is 1. The monoisotopic (exact) mass is 311 g/mol. The maximum absolute atomic E-state index is 12.7. The lowest BCUT2D eigenvalue weighted by Gasteiger charge is -2.16. The van der Waals surface area contributed by atoms with E-state index >= 15 is 0 Å². The molecule has 0 unspecified atom stereocenters. The molecule has 0 saturated carbocycles. The van der Waals surface area contributed by atoms with Crippen molar-refractivity contribution in [2.24, 2.45) is 0 Å². The topological polar surface area (TPSA) is 55.2 Å². The van der Waals surface area contributed by atoms with Gasteiger partial charge in [-0.3, -0.25) is 14.2 Å². The average Bonchev–Trinajstić information content (AvgIpc) is 3.00. The van der Waals surface area contributed by atoms with Gasteiger partial charge in [-0.05, 0) is 43.9 Å². The summed E-state index contributed by atoms with van der Waals surface area (Å²) in [4.78, 5) is 31.8. The van der Waals surface area contributed by atoms with Gasteiger partial charge in [0.25, 0.3) is 11.5 Å². The number of likely N-dealkylation sites (tertiary alicyclic amines) is 1. The van der Waals surface area contributed by atoms with Crippen molar-refractivity contribution in [2.45, 2.75) is 45.1 Å². The fourth-order valence-corrected chi connectivity index (χ4v) is 3.65. The van der Waals surface area contributed by atoms with Gasteiger partial charge in [0.2, 0.25) is 0 Å². The Morgan fingerprint density at radius 1 is 1.00 bits per heavy atom. The molecule has 2 aromatic rings. The highest BCUT2D eigenvalue weighted by molar-refractivity contribution is 5.97. The Kier molecular flexibility index (Phi) is 3.63. The number of amides is 1. The highest BCUT2D eigenvalue weighted by Gasteiger charge is 2.21. The van der Waals surface area contributed by atoms with E-state index in [-0.39, 0.29) is 11.5 Å². The van der Waals surface area contributed by atoms with Crippen LogP contribution >= 0.6 is 0 Å². The van der Waals surface area contributed by atoms with Gasteiger partial charge < -0.3 is 4.90 Å². The molecule has 1 saturated heterocycles. The van der Waals surface area contributed by atoms with Gasteiger partial charge in [-0.25, -0.2) is 4.98 Å². The molecule has 0 N–H and O–H groups in total. The molecule has 23 heavy (non-hydrogen) atoms. The van der Waals surface area contributed by atoms with Gasteiger partial charge in [-0.2, -0.15) is 0 Å². The zero-order valence-electron chi connectivity index (χ0n) is 13.3. The van der Waals surface area contributed by atoms with Crippen molar-refractivity contribution in [1.29, 1.82) is 0 Å². The molecule has 1 aromatic heterocycles. The predicted molar refractivity (Wildman–Crippen MR) is 88.7 cm³/mol. The molecule has 0 atom stereocenters. The van der Waals surface area contributed by atoms with E-state index in [1.807, 2.05) is 9.47 Å². The minimum absolute atomic E-state index is 0.0343. The molecule has 5 heteroatoms. The van der Waals surface area contributed by atoms with Crippen molar-refractivity contribution in [2.75, 3.05) is 13.1 Å². The van der Waals surface area contributed by atoms with Crippen LogP contribution in [0.2, 0.25) is 0 Å². The fraction of sp³-hybridized carbons (Fsp3) is 0.500. The van der Waals surface area contributed by atoms with E-state index in [1.165, 1.54) is 0 Å². The van der Waals surface area contributed by atoms with Crippen LogP contribution in [0.4, 0.5) is 0 Å². The van der Waals surface area contributed by atoms with Crippen LogP contribution < -0.4 is 5.56 Å². The van der Waals surface area contributed by atoms with Gasteiger partial charge in [0.1, 0.15) is 5.82 Å². The van der Waals surface area contributed by atoms with E-state index in [4.69, 9.17) is 4.98 Å². The van der Waals surface area contributed by atoms with Crippen LogP contribution in [-0.4, -0.2) is 33.4 Å². The number of aromatic nitrogens is 2. The summed E-state index contributed by atoms with van der Waals surface area (Å²) >= 11 is 0. The van der Waals surface area contributed by atoms with Gasteiger partial charge in [0.05, 0.1) is 10.9 Å². The Morgan fingerprint density at radius 3 is 2.61 bits per heavy atom. The van der Waals surface area contributed by atoms with Crippen LogP contribution in [-0.2, 0) is 13.0 Å². The first-order chi connectivity index (χ1) is 11.2. The lowest BCUT2D eigenvalue weighted by Crippen LogP contribution is -2.28. The van der Waals surface area contributed by atoms with Crippen molar-refractivity contribution in [3.8, 4) is 0 Å². The maximum Gasteiger partial charge on any atom is 0.261 e. The summed E-state index contributed by atoms with van der Waals surface area (Å²) in [5.74, 6) is 0.923. The third-order valence-electron chi connectivity index (χ3n) is 4.96. The SMILES string of the molecule is O=C(c1ccc2c(=O)n3c(nc2c1)CCCCC3)N1CCCC1. The second-order valence-corrected chi connectivity index (χ2v) is 6.53. The highest BCUT2D eigenvalue weighted by atomic mass is 16.2. The van der Waals surface area contributed by atoms with Gasteiger partial charge in [0.15, 0.2) is 0 Å². The molecule has 4 rings (SSSR count). The Bertz CT molecular complexity index is 819. The summed E-state index contributed by atoms with van der Waals surface area (Å²) in [6, 6.07) is 5.34. The van der Waals surface area contributed by atoms with Crippen molar-refractivity contribution in [3.63, 3.8) is 0 Å². The summed E-state index contributed by atoms with van der Waals surface area (Å²) in [5.41, 5.74) is 1.34. The number of fused-ring (bicyclic) bond motifs is 2. The second kappa shape index (κ2) is 5.80. The summed E-state index contributed by atoms with van der Waals surface area (Å²) in [7, 11) is 0.